The Morgan fingerprint density at radius 2 is 1.62 bits per heavy atom. The van der Waals surface area contributed by atoms with Gasteiger partial charge >= 0.3 is 0 Å². The molecule has 0 amide bonds. The monoisotopic (exact) mass is 346 g/mol. The number of unbranched alkanes of at least 4 members (excludes halogenated alkanes) is 6. The van der Waals surface area contributed by atoms with Gasteiger partial charge in [0.2, 0.25) is 0 Å². The van der Waals surface area contributed by atoms with Crippen LogP contribution in [-0.2, 0) is 0 Å². The van der Waals surface area contributed by atoms with E-state index >= 15 is 0 Å². The first kappa shape index (κ1) is 20.6. The topological polar surface area (TPSA) is 40.5 Å². The number of rotatable bonds is 9. The van der Waals surface area contributed by atoms with Crippen molar-refractivity contribution in [3.63, 3.8) is 0 Å². The lowest BCUT2D eigenvalue weighted by molar-refractivity contribution is 0.217. The SMILES string of the molecule is CCCCCCCCCC(O)C#CC#CC(O)c1cccc(Cl)c1. The Morgan fingerprint density at radius 3 is 2.33 bits per heavy atom. The second-order valence-corrected chi connectivity index (χ2v) is 6.36. The Kier molecular flexibility index (Phi) is 11.1. The Hall–Kier alpha value is -1.45. The highest BCUT2D eigenvalue weighted by atomic mass is 35.5. The van der Waals surface area contributed by atoms with Crippen LogP contribution in [0.1, 0.15) is 70.0 Å². The van der Waals surface area contributed by atoms with E-state index in [1.807, 2.05) is 0 Å². The Labute approximate surface area is 151 Å². The summed E-state index contributed by atoms with van der Waals surface area (Å²) < 4.78 is 0. The third-order valence-corrected chi connectivity index (χ3v) is 3.99. The molecule has 24 heavy (non-hydrogen) atoms. The van der Waals surface area contributed by atoms with Gasteiger partial charge in [-0.1, -0.05) is 81.0 Å². The van der Waals surface area contributed by atoms with Crippen LogP contribution in [0.15, 0.2) is 24.3 Å². The largest absolute Gasteiger partial charge is 0.380 e. The van der Waals surface area contributed by atoms with E-state index < -0.39 is 12.2 Å². The first-order valence-corrected chi connectivity index (χ1v) is 9.14. The number of benzene rings is 1. The molecule has 0 spiro atoms. The smallest absolute Gasteiger partial charge is 0.141 e. The average molecular weight is 347 g/mol. The third-order valence-electron chi connectivity index (χ3n) is 3.76. The molecule has 1 aromatic carbocycles. The van der Waals surface area contributed by atoms with Crippen LogP contribution in [-0.4, -0.2) is 16.3 Å². The van der Waals surface area contributed by atoms with Crippen LogP contribution in [0.25, 0.3) is 0 Å². The van der Waals surface area contributed by atoms with Crippen LogP contribution >= 0.6 is 11.6 Å². The molecule has 2 nitrogen and oxygen atoms in total. The lowest BCUT2D eigenvalue weighted by Gasteiger charge is -2.03. The van der Waals surface area contributed by atoms with E-state index in [9.17, 15) is 10.2 Å². The minimum atomic E-state index is -0.918. The molecule has 1 rings (SSSR count). The van der Waals surface area contributed by atoms with Crippen molar-refractivity contribution in [2.45, 2.75) is 70.5 Å². The Balaban J connectivity index is 2.25. The highest BCUT2D eigenvalue weighted by molar-refractivity contribution is 6.30. The average Bonchev–Trinajstić information content (AvgIpc) is 2.57. The molecular formula is C21H27ClO2. The summed E-state index contributed by atoms with van der Waals surface area (Å²) in [6, 6.07) is 6.93. The molecule has 0 saturated carbocycles. The van der Waals surface area contributed by atoms with Crippen molar-refractivity contribution in [1.82, 2.24) is 0 Å². The summed E-state index contributed by atoms with van der Waals surface area (Å²) in [5.41, 5.74) is 0.639. The summed E-state index contributed by atoms with van der Waals surface area (Å²) >= 11 is 5.87. The summed E-state index contributed by atoms with van der Waals surface area (Å²) in [7, 11) is 0. The van der Waals surface area contributed by atoms with Crippen LogP contribution in [0.2, 0.25) is 5.02 Å². The van der Waals surface area contributed by atoms with Gasteiger partial charge < -0.3 is 10.2 Å². The molecule has 2 N–H and O–H groups in total. The molecule has 0 bridgehead atoms. The lowest BCUT2D eigenvalue weighted by Crippen LogP contribution is -2.02. The molecule has 0 saturated heterocycles. The van der Waals surface area contributed by atoms with Gasteiger partial charge in [0, 0.05) is 5.02 Å². The van der Waals surface area contributed by atoms with Crippen LogP contribution in [0.3, 0.4) is 0 Å². The molecule has 3 heteroatoms. The van der Waals surface area contributed by atoms with Gasteiger partial charge in [-0.15, -0.1) is 0 Å². The van der Waals surface area contributed by atoms with Gasteiger partial charge in [0.15, 0.2) is 0 Å². The van der Waals surface area contributed by atoms with Gasteiger partial charge in [-0.05, 0) is 42.4 Å². The number of aliphatic hydroxyl groups is 2. The molecule has 0 fully saturated rings. The fourth-order valence-corrected chi connectivity index (χ4v) is 2.55. The van der Waals surface area contributed by atoms with Crippen LogP contribution in [0, 0.1) is 23.7 Å². The Bertz CT molecular complexity index is 589. The highest BCUT2D eigenvalue weighted by Gasteiger charge is 2.03. The summed E-state index contributed by atoms with van der Waals surface area (Å²) in [5, 5.41) is 20.3. The number of hydrogen-bond acceptors (Lipinski definition) is 2. The molecule has 2 atom stereocenters. The van der Waals surface area contributed by atoms with E-state index in [1.165, 1.54) is 32.1 Å². The minimum absolute atomic E-state index is 0.560. The Morgan fingerprint density at radius 1 is 0.958 bits per heavy atom. The van der Waals surface area contributed by atoms with Crippen LogP contribution in [0.4, 0.5) is 0 Å². The van der Waals surface area contributed by atoms with E-state index in [1.54, 1.807) is 24.3 Å². The van der Waals surface area contributed by atoms with Crippen molar-refractivity contribution < 1.29 is 10.2 Å². The number of aliphatic hydroxyl groups excluding tert-OH is 2. The van der Waals surface area contributed by atoms with Crippen molar-refractivity contribution >= 4 is 11.6 Å². The molecule has 0 aliphatic carbocycles. The first-order chi connectivity index (χ1) is 11.6. The molecule has 0 radical (unpaired) electrons. The summed E-state index contributed by atoms with van der Waals surface area (Å²) in [6.45, 7) is 2.21. The highest BCUT2D eigenvalue weighted by Crippen LogP contribution is 2.16. The van der Waals surface area contributed by atoms with Gasteiger partial charge in [0.05, 0.1) is 0 Å². The standard InChI is InChI=1S/C21H27ClO2/c1-2-3-4-5-6-7-8-14-20(23)15-9-10-16-21(24)18-12-11-13-19(22)17-18/h11-13,17,20-21,23-24H,2-8,14H2,1H3. The van der Waals surface area contributed by atoms with E-state index in [0.717, 1.165) is 12.8 Å². The van der Waals surface area contributed by atoms with Crippen molar-refractivity contribution in [3.8, 4) is 23.7 Å². The maximum atomic E-state index is 9.91. The molecule has 130 valence electrons. The van der Waals surface area contributed by atoms with Crippen LogP contribution < -0.4 is 0 Å². The van der Waals surface area contributed by atoms with Gasteiger partial charge in [-0.2, -0.15) is 0 Å². The van der Waals surface area contributed by atoms with E-state index in [0.29, 0.717) is 17.0 Å². The second kappa shape index (κ2) is 12.9. The van der Waals surface area contributed by atoms with Gasteiger partial charge in [-0.3, -0.25) is 0 Å². The first-order valence-electron chi connectivity index (χ1n) is 8.76. The fourth-order valence-electron chi connectivity index (χ4n) is 2.35. The van der Waals surface area contributed by atoms with E-state index in [-0.39, 0.29) is 0 Å². The molecule has 0 aromatic heterocycles. The molecule has 0 aliphatic heterocycles. The quantitative estimate of drug-likeness (QED) is 0.494. The zero-order valence-electron chi connectivity index (χ0n) is 14.4. The molecule has 1 aromatic rings. The fraction of sp³-hybridized carbons (Fsp3) is 0.524. The molecule has 2 unspecified atom stereocenters. The predicted molar refractivity (Wildman–Crippen MR) is 101 cm³/mol. The van der Waals surface area contributed by atoms with Crippen molar-refractivity contribution in [2.24, 2.45) is 0 Å². The zero-order chi connectivity index (χ0) is 17.6. The molecule has 0 aliphatic rings. The molecular weight excluding hydrogens is 320 g/mol. The zero-order valence-corrected chi connectivity index (χ0v) is 15.1. The lowest BCUT2D eigenvalue weighted by atomic mass is 10.1. The van der Waals surface area contributed by atoms with Gasteiger partial charge in [-0.25, -0.2) is 0 Å². The van der Waals surface area contributed by atoms with E-state index in [4.69, 9.17) is 11.6 Å². The normalized spacial score (nSPS) is 12.5. The van der Waals surface area contributed by atoms with Crippen LogP contribution in [0.5, 0.6) is 0 Å². The van der Waals surface area contributed by atoms with Crippen molar-refractivity contribution in [2.75, 3.05) is 0 Å². The number of halogens is 1. The second-order valence-electron chi connectivity index (χ2n) is 5.92. The maximum absolute atomic E-state index is 9.91. The molecule has 0 heterocycles. The number of hydrogen-bond donors (Lipinski definition) is 2. The van der Waals surface area contributed by atoms with Gasteiger partial charge in [0.25, 0.3) is 0 Å². The summed E-state index contributed by atoms with van der Waals surface area (Å²) in [5.74, 6) is 10.6. The van der Waals surface area contributed by atoms with Crippen molar-refractivity contribution in [1.29, 1.82) is 0 Å². The summed E-state index contributed by atoms with van der Waals surface area (Å²) in [4.78, 5) is 0. The van der Waals surface area contributed by atoms with Gasteiger partial charge in [0.1, 0.15) is 12.2 Å². The minimum Gasteiger partial charge on any atom is -0.380 e. The van der Waals surface area contributed by atoms with E-state index in [2.05, 4.69) is 30.6 Å². The third kappa shape index (κ3) is 9.64. The van der Waals surface area contributed by atoms with Crippen molar-refractivity contribution in [3.05, 3.63) is 34.9 Å². The summed E-state index contributed by atoms with van der Waals surface area (Å²) in [6.07, 6.45) is 7.64. The predicted octanol–water partition coefficient (Wildman–Crippen LogP) is 4.88. The maximum Gasteiger partial charge on any atom is 0.141 e.